The number of rotatable bonds is 13. The average molecular weight is 534 g/mol. The second-order valence-electron chi connectivity index (χ2n) is 10.7. The Kier molecular flexibility index (Phi) is 11.4. The molecule has 39 heavy (non-hydrogen) atoms. The van der Waals surface area contributed by atoms with Crippen LogP contribution in [0.15, 0.2) is 47.6 Å². The number of carbonyl (C=O) groups excluding carboxylic acids is 2. The predicted molar refractivity (Wildman–Crippen MR) is 155 cm³/mol. The van der Waals surface area contributed by atoms with Gasteiger partial charge in [0.1, 0.15) is 0 Å². The third-order valence-corrected chi connectivity index (χ3v) is 7.54. The molecule has 4 rings (SSSR count). The molecule has 0 aromatic heterocycles. The number of morpholine rings is 1. The van der Waals surface area contributed by atoms with Crippen LogP contribution in [-0.4, -0.2) is 56.0 Å². The Hall–Kier alpha value is -3.19. The van der Waals surface area contributed by atoms with Gasteiger partial charge in [-0.2, -0.15) is 5.10 Å². The molecule has 2 aliphatic rings. The molecular formula is C32H43N3O4. The van der Waals surface area contributed by atoms with E-state index in [1.54, 1.807) is 0 Å². The molecular weight excluding hydrogens is 490 g/mol. The van der Waals surface area contributed by atoms with Crippen molar-refractivity contribution in [3.63, 3.8) is 0 Å². The molecule has 1 unspecified atom stereocenters. The van der Waals surface area contributed by atoms with Crippen LogP contribution in [0.5, 0.6) is 0 Å². The lowest BCUT2D eigenvalue weighted by Crippen LogP contribution is -2.32. The van der Waals surface area contributed by atoms with E-state index in [1.165, 1.54) is 36.8 Å². The average Bonchev–Trinajstić information content (AvgIpc) is 2.96. The fourth-order valence-electron chi connectivity index (χ4n) is 5.19. The molecule has 7 heteroatoms. The number of ether oxygens (including phenoxy) is 2. The van der Waals surface area contributed by atoms with Crippen LogP contribution in [0.4, 0.5) is 5.69 Å². The van der Waals surface area contributed by atoms with Gasteiger partial charge in [-0.1, -0.05) is 57.2 Å². The van der Waals surface area contributed by atoms with Crippen LogP contribution in [0, 0.1) is 5.92 Å². The minimum Gasteiger partial charge on any atom is -0.466 e. The Labute approximate surface area is 233 Å². The summed E-state index contributed by atoms with van der Waals surface area (Å²) in [6.07, 6.45) is 12.2. The predicted octanol–water partition coefficient (Wildman–Crippen LogP) is 6.00. The molecule has 1 N–H and O–H groups in total. The molecule has 0 spiro atoms. The second-order valence-corrected chi connectivity index (χ2v) is 10.7. The van der Waals surface area contributed by atoms with Crippen LogP contribution < -0.4 is 5.32 Å². The van der Waals surface area contributed by atoms with Gasteiger partial charge in [-0.3, -0.25) is 14.6 Å². The number of hydrogen-bond acceptors (Lipinski definition) is 6. The van der Waals surface area contributed by atoms with Crippen molar-refractivity contribution < 1.29 is 19.1 Å². The van der Waals surface area contributed by atoms with E-state index in [-0.39, 0.29) is 11.9 Å². The Morgan fingerprint density at radius 1 is 1.03 bits per heavy atom. The van der Waals surface area contributed by atoms with Gasteiger partial charge in [-0.05, 0) is 72.6 Å². The van der Waals surface area contributed by atoms with Crippen LogP contribution in [0.25, 0.3) is 0 Å². The van der Waals surface area contributed by atoms with Crippen molar-refractivity contribution in [2.24, 2.45) is 11.0 Å². The third-order valence-electron chi connectivity index (χ3n) is 7.54. The number of anilines is 1. The number of hydrazone groups is 1. The molecule has 0 radical (unpaired) electrons. The zero-order chi connectivity index (χ0) is 27.3. The van der Waals surface area contributed by atoms with Crippen LogP contribution in [0.3, 0.4) is 0 Å². The molecule has 0 bridgehead atoms. The summed E-state index contributed by atoms with van der Waals surface area (Å²) in [6.45, 7) is 5.76. The maximum Gasteiger partial charge on any atom is 0.306 e. The van der Waals surface area contributed by atoms with E-state index in [2.05, 4.69) is 29.5 Å². The van der Waals surface area contributed by atoms with E-state index in [0.29, 0.717) is 37.7 Å². The Bertz CT molecular complexity index is 1090. The van der Waals surface area contributed by atoms with E-state index < -0.39 is 0 Å². The van der Waals surface area contributed by atoms with Crippen LogP contribution >= 0.6 is 0 Å². The maximum absolute atomic E-state index is 12.8. The molecule has 2 aromatic carbocycles. The highest BCUT2D eigenvalue weighted by Crippen LogP contribution is 2.30. The van der Waals surface area contributed by atoms with Gasteiger partial charge < -0.3 is 14.8 Å². The number of benzene rings is 2. The van der Waals surface area contributed by atoms with Gasteiger partial charge in [-0.25, -0.2) is 0 Å². The standard InChI is InChI=1S/C32H43N3O4/c1-2-3-4-5-6-7-18-39-31(36)22-26-10-13-29-23-30(15-14-28(29)21-26)34-32(37)27-11-8-25(9-12-27)24-33-35-16-19-38-20-17-35/h8-9,11-12,14-15,23-24,26H,2-7,10,13,16-22H2,1H3,(H,34,37). The summed E-state index contributed by atoms with van der Waals surface area (Å²) in [4.78, 5) is 25.1. The molecule has 210 valence electrons. The van der Waals surface area contributed by atoms with Crippen molar-refractivity contribution >= 4 is 23.8 Å². The highest BCUT2D eigenvalue weighted by Gasteiger charge is 2.22. The van der Waals surface area contributed by atoms with E-state index >= 15 is 0 Å². The number of hydrogen-bond donors (Lipinski definition) is 1. The number of aryl methyl sites for hydroxylation is 1. The number of nitrogens with zero attached hydrogens (tertiary/aromatic N) is 2. The number of esters is 1. The van der Waals surface area contributed by atoms with Gasteiger partial charge in [0.25, 0.3) is 5.91 Å². The molecule has 1 atom stereocenters. The third kappa shape index (κ3) is 9.50. The first kappa shape index (κ1) is 28.8. The molecule has 0 saturated carbocycles. The molecule has 1 aliphatic heterocycles. The first-order valence-electron chi connectivity index (χ1n) is 14.7. The molecule has 1 aliphatic carbocycles. The van der Waals surface area contributed by atoms with Crippen LogP contribution in [-0.2, 0) is 27.1 Å². The monoisotopic (exact) mass is 533 g/mol. The minimum atomic E-state index is -0.131. The summed E-state index contributed by atoms with van der Waals surface area (Å²) >= 11 is 0. The van der Waals surface area contributed by atoms with E-state index in [4.69, 9.17) is 9.47 Å². The lowest BCUT2D eigenvalue weighted by molar-refractivity contribution is -0.145. The summed E-state index contributed by atoms with van der Waals surface area (Å²) in [6, 6.07) is 13.6. The van der Waals surface area contributed by atoms with Crippen LogP contribution in [0.2, 0.25) is 0 Å². The van der Waals surface area contributed by atoms with E-state index in [0.717, 1.165) is 56.4 Å². The van der Waals surface area contributed by atoms with Gasteiger partial charge in [0.15, 0.2) is 0 Å². The fourth-order valence-corrected chi connectivity index (χ4v) is 5.19. The second kappa shape index (κ2) is 15.4. The smallest absolute Gasteiger partial charge is 0.306 e. The molecule has 2 aromatic rings. The van der Waals surface area contributed by atoms with Gasteiger partial charge >= 0.3 is 5.97 Å². The summed E-state index contributed by atoms with van der Waals surface area (Å²) in [5.74, 6) is 0.119. The number of unbranched alkanes of at least 4 members (excludes halogenated alkanes) is 5. The van der Waals surface area contributed by atoms with Gasteiger partial charge in [0.2, 0.25) is 0 Å². The Balaban J connectivity index is 1.20. The molecule has 7 nitrogen and oxygen atoms in total. The van der Waals surface area contributed by atoms with Crippen molar-refractivity contribution in [1.29, 1.82) is 0 Å². The van der Waals surface area contributed by atoms with Crippen molar-refractivity contribution in [3.05, 3.63) is 64.7 Å². The lowest BCUT2D eigenvalue weighted by Gasteiger charge is -2.24. The van der Waals surface area contributed by atoms with Crippen LogP contribution in [0.1, 0.15) is 85.3 Å². The number of fused-ring (bicyclic) bond motifs is 1. The minimum absolute atomic E-state index is 0.0701. The molecule has 1 amide bonds. The summed E-state index contributed by atoms with van der Waals surface area (Å²) in [5, 5.41) is 9.51. The highest BCUT2D eigenvalue weighted by atomic mass is 16.5. The van der Waals surface area contributed by atoms with Crippen molar-refractivity contribution in [2.45, 2.75) is 71.1 Å². The first-order valence-corrected chi connectivity index (χ1v) is 14.7. The quantitative estimate of drug-likeness (QED) is 0.194. The number of carbonyl (C=O) groups is 2. The van der Waals surface area contributed by atoms with Crippen molar-refractivity contribution in [3.8, 4) is 0 Å². The normalized spacial score (nSPS) is 17.2. The molecule has 1 saturated heterocycles. The topological polar surface area (TPSA) is 80.2 Å². The summed E-state index contributed by atoms with van der Waals surface area (Å²) in [5.41, 5.74) is 4.87. The van der Waals surface area contributed by atoms with E-state index in [9.17, 15) is 9.59 Å². The summed E-state index contributed by atoms with van der Waals surface area (Å²) < 4.78 is 10.8. The SMILES string of the molecule is CCCCCCCCOC(=O)CC1CCc2cc(NC(=O)c3ccc(C=NN4CCOCC4)cc3)ccc2C1. The first-order chi connectivity index (χ1) is 19.1. The highest BCUT2D eigenvalue weighted by molar-refractivity contribution is 6.04. The zero-order valence-electron chi connectivity index (χ0n) is 23.3. The zero-order valence-corrected chi connectivity index (χ0v) is 23.3. The van der Waals surface area contributed by atoms with Crippen molar-refractivity contribution in [1.82, 2.24) is 5.01 Å². The largest absolute Gasteiger partial charge is 0.466 e. The summed E-state index contributed by atoms with van der Waals surface area (Å²) in [7, 11) is 0. The molecule has 1 heterocycles. The van der Waals surface area contributed by atoms with Gasteiger partial charge in [0, 0.05) is 17.7 Å². The lowest BCUT2D eigenvalue weighted by atomic mass is 9.82. The van der Waals surface area contributed by atoms with Crippen molar-refractivity contribution in [2.75, 3.05) is 38.2 Å². The molecule has 1 fully saturated rings. The maximum atomic E-state index is 12.8. The Morgan fingerprint density at radius 2 is 1.79 bits per heavy atom. The van der Waals surface area contributed by atoms with E-state index in [1.807, 2.05) is 41.6 Å². The van der Waals surface area contributed by atoms with Gasteiger partial charge in [-0.15, -0.1) is 0 Å². The van der Waals surface area contributed by atoms with Gasteiger partial charge in [0.05, 0.1) is 39.1 Å². The fraction of sp³-hybridized carbons (Fsp3) is 0.531. The number of amides is 1. The number of nitrogens with one attached hydrogen (secondary N) is 1. The Morgan fingerprint density at radius 3 is 2.59 bits per heavy atom.